The zero-order valence-corrected chi connectivity index (χ0v) is 13.3. The molecule has 1 aromatic carbocycles. The highest BCUT2D eigenvalue weighted by Crippen LogP contribution is 2.19. The fraction of sp³-hybridized carbons (Fsp3) is 0.250. The maximum atomic E-state index is 11.9. The number of carboxylic acids is 1. The second-order valence-electron chi connectivity index (χ2n) is 3.77. The highest BCUT2D eigenvalue weighted by Gasteiger charge is 2.24. The Balaban J connectivity index is 2.82. The van der Waals surface area contributed by atoms with Crippen molar-refractivity contribution in [3.05, 3.63) is 32.4 Å². The number of rotatable bonds is 5. The fourth-order valence-electron chi connectivity index (χ4n) is 1.33. The number of halogens is 2. The summed E-state index contributed by atoms with van der Waals surface area (Å²) >= 11 is 7.89. The summed E-state index contributed by atoms with van der Waals surface area (Å²) in [6, 6.07) is 3.22. The molecule has 2 N–H and O–H groups in total. The van der Waals surface area contributed by atoms with Gasteiger partial charge in [0.2, 0.25) is 0 Å². The van der Waals surface area contributed by atoms with Crippen molar-refractivity contribution in [2.45, 2.75) is 12.5 Å². The average Bonchev–Trinajstić information content (AvgIpc) is 2.40. The Morgan fingerprint density at radius 1 is 1.45 bits per heavy atom. The molecule has 0 aliphatic carbocycles. The molecular weight excluding hydrogens is 400 g/mol. The number of methoxy groups -OCH3 is 1. The van der Waals surface area contributed by atoms with Crippen LogP contribution in [0.3, 0.4) is 0 Å². The number of benzene rings is 1. The number of hydrogen-bond acceptors (Lipinski definition) is 4. The molecule has 0 spiro atoms. The van der Waals surface area contributed by atoms with Crippen molar-refractivity contribution in [3.63, 3.8) is 0 Å². The number of hydrogen-bond donors (Lipinski definition) is 2. The van der Waals surface area contributed by atoms with E-state index in [2.05, 4.69) is 10.1 Å². The highest BCUT2D eigenvalue weighted by atomic mass is 127. The van der Waals surface area contributed by atoms with E-state index in [1.165, 1.54) is 12.1 Å². The van der Waals surface area contributed by atoms with Crippen molar-refractivity contribution in [2.24, 2.45) is 0 Å². The molecule has 1 atom stereocenters. The molecule has 6 nitrogen and oxygen atoms in total. The van der Waals surface area contributed by atoms with E-state index in [0.717, 1.165) is 10.7 Å². The third-order valence-electron chi connectivity index (χ3n) is 2.38. The van der Waals surface area contributed by atoms with Gasteiger partial charge >= 0.3 is 11.9 Å². The second kappa shape index (κ2) is 7.44. The minimum absolute atomic E-state index is 0.214. The molecular formula is C12H11ClINO5. The topological polar surface area (TPSA) is 92.7 Å². The molecule has 0 bridgehead atoms. The third-order valence-corrected chi connectivity index (χ3v) is 3.96. The van der Waals surface area contributed by atoms with Gasteiger partial charge < -0.3 is 15.2 Å². The van der Waals surface area contributed by atoms with Crippen LogP contribution in [0.15, 0.2) is 18.2 Å². The number of carbonyl (C=O) groups is 3. The van der Waals surface area contributed by atoms with Crippen LogP contribution in [-0.2, 0) is 14.3 Å². The monoisotopic (exact) mass is 411 g/mol. The molecule has 0 saturated heterocycles. The van der Waals surface area contributed by atoms with Crippen LogP contribution in [0.25, 0.3) is 0 Å². The van der Waals surface area contributed by atoms with Gasteiger partial charge in [0.25, 0.3) is 5.91 Å². The van der Waals surface area contributed by atoms with Gasteiger partial charge in [0, 0.05) is 9.13 Å². The maximum absolute atomic E-state index is 11.9. The van der Waals surface area contributed by atoms with E-state index in [1.807, 2.05) is 22.6 Å². The van der Waals surface area contributed by atoms with Gasteiger partial charge in [0.1, 0.15) is 6.04 Å². The number of carboxylic acid groups (broad SMARTS) is 1. The first-order valence-electron chi connectivity index (χ1n) is 5.40. The van der Waals surface area contributed by atoms with Crippen LogP contribution in [0, 0.1) is 3.57 Å². The molecule has 0 aliphatic heterocycles. The SMILES string of the molecule is COC(=O)C[C@H](NC(=O)c1ccc(I)c(Cl)c1)C(=O)O. The zero-order chi connectivity index (χ0) is 15.3. The lowest BCUT2D eigenvalue weighted by molar-refractivity contribution is -0.147. The number of nitrogens with one attached hydrogen (secondary N) is 1. The van der Waals surface area contributed by atoms with Crippen molar-refractivity contribution < 1.29 is 24.2 Å². The fourth-order valence-corrected chi connectivity index (χ4v) is 1.85. The van der Waals surface area contributed by atoms with Crippen LogP contribution < -0.4 is 5.32 Å². The normalized spacial score (nSPS) is 11.6. The minimum atomic E-state index is -1.35. The molecule has 0 saturated carbocycles. The number of aliphatic carboxylic acids is 1. The number of esters is 1. The minimum Gasteiger partial charge on any atom is -0.480 e. The van der Waals surface area contributed by atoms with E-state index in [0.29, 0.717) is 5.02 Å². The van der Waals surface area contributed by atoms with Gasteiger partial charge in [0.05, 0.1) is 18.6 Å². The van der Waals surface area contributed by atoms with Crippen molar-refractivity contribution >= 4 is 52.0 Å². The highest BCUT2D eigenvalue weighted by molar-refractivity contribution is 14.1. The summed E-state index contributed by atoms with van der Waals surface area (Å²) in [5.41, 5.74) is 0.214. The van der Waals surface area contributed by atoms with Crippen molar-refractivity contribution in [2.75, 3.05) is 7.11 Å². The molecule has 1 aromatic rings. The first-order chi connectivity index (χ1) is 9.35. The Morgan fingerprint density at radius 3 is 2.60 bits per heavy atom. The Labute approximate surface area is 133 Å². The van der Waals surface area contributed by atoms with Crippen molar-refractivity contribution in [1.82, 2.24) is 5.32 Å². The molecule has 20 heavy (non-hydrogen) atoms. The summed E-state index contributed by atoms with van der Waals surface area (Å²) in [6.45, 7) is 0. The standard InChI is InChI=1S/C12H11ClINO5/c1-20-10(16)5-9(12(18)19)15-11(17)6-2-3-8(14)7(13)4-6/h2-4,9H,5H2,1H3,(H,15,17)(H,18,19)/t9-/m0/s1. The molecule has 0 unspecified atom stereocenters. The lowest BCUT2D eigenvalue weighted by Gasteiger charge is -2.13. The lowest BCUT2D eigenvalue weighted by Crippen LogP contribution is -2.42. The van der Waals surface area contributed by atoms with Gasteiger partial charge in [-0.2, -0.15) is 0 Å². The van der Waals surface area contributed by atoms with E-state index < -0.39 is 30.3 Å². The summed E-state index contributed by atoms with van der Waals surface area (Å²) in [5.74, 6) is -2.67. The first-order valence-corrected chi connectivity index (χ1v) is 6.86. The van der Waals surface area contributed by atoms with Crippen LogP contribution in [0.4, 0.5) is 0 Å². The second-order valence-corrected chi connectivity index (χ2v) is 5.34. The van der Waals surface area contributed by atoms with Gasteiger partial charge in [-0.3, -0.25) is 9.59 Å². The van der Waals surface area contributed by atoms with Crippen LogP contribution >= 0.6 is 34.2 Å². The van der Waals surface area contributed by atoms with E-state index in [-0.39, 0.29) is 5.56 Å². The summed E-state index contributed by atoms with van der Waals surface area (Å²) in [5, 5.41) is 11.6. The van der Waals surface area contributed by atoms with E-state index in [9.17, 15) is 14.4 Å². The average molecular weight is 412 g/mol. The molecule has 0 aromatic heterocycles. The zero-order valence-electron chi connectivity index (χ0n) is 10.4. The maximum Gasteiger partial charge on any atom is 0.326 e. The Morgan fingerprint density at radius 2 is 2.10 bits per heavy atom. The molecule has 0 fully saturated rings. The molecule has 108 valence electrons. The number of carbonyl (C=O) groups excluding carboxylic acids is 2. The van der Waals surface area contributed by atoms with E-state index >= 15 is 0 Å². The van der Waals surface area contributed by atoms with Crippen LogP contribution in [-0.4, -0.2) is 36.1 Å². The molecule has 8 heteroatoms. The predicted octanol–water partition coefficient (Wildman–Crippen LogP) is 1.69. The lowest BCUT2D eigenvalue weighted by atomic mass is 10.1. The van der Waals surface area contributed by atoms with Gasteiger partial charge in [0.15, 0.2) is 0 Å². The van der Waals surface area contributed by atoms with E-state index in [1.54, 1.807) is 6.07 Å². The molecule has 0 radical (unpaired) electrons. The summed E-state index contributed by atoms with van der Waals surface area (Å²) in [6.07, 6.45) is -0.449. The van der Waals surface area contributed by atoms with Crippen molar-refractivity contribution in [3.8, 4) is 0 Å². The molecule has 0 heterocycles. The van der Waals surface area contributed by atoms with Crippen molar-refractivity contribution in [1.29, 1.82) is 0 Å². The Kier molecular flexibility index (Phi) is 6.21. The summed E-state index contributed by atoms with van der Waals surface area (Å²) in [4.78, 5) is 34.0. The van der Waals surface area contributed by atoms with Crippen LogP contribution in [0.1, 0.15) is 16.8 Å². The smallest absolute Gasteiger partial charge is 0.326 e. The molecule has 1 amide bonds. The molecule has 1 rings (SSSR count). The largest absolute Gasteiger partial charge is 0.480 e. The van der Waals surface area contributed by atoms with Gasteiger partial charge in [-0.1, -0.05) is 11.6 Å². The number of ether oxygens (including phenoxy) is 1. The predicted molar refractivity (Wildman–Crippen MR) is 79.7 cm³/mol. The Bertz CT molecular complexity index is 549. The quantitative estimate of drug-likeness (QED) is 0.568. The van der Waals surface area contributed by atoms with Crippen LogP contribution in [0.5, 0.6) is 0 Å². The number of amides is 1. The Hall–Kier alpha value is -1.35. The van der Waals surface area contributed by atoms with Crippen LogP contribution in [0.2, 0.25) is 5.02 Å². The van der Waals surface area contributed by atoms with E-state index in [4.69, 9.17) is 16.7 Å². The van der Waals surface area contributed by atoms with Gasteiger partial charge in [-0.05, 0) is 40.8 Å². The third kappa shape index (κ3) is 4.64. The molecule has 0 aliphatic rings. The first kappa shape index (κ1) is 16.7. The van der Waals surface area contributed by atoms with Gasteiger partial charge in [-0.15, -0.1) is 0 Å². The summed E-state index contributed by atoms with van der Waals surface area (Å²) < 4.78 is 5.15. The van der Waals surface area contributed by atoms with Gasteiger partial charge in [-0.25, -0.2) is 4.79 Å². The summed E-state index contributed by atoms with van der Waals surface area (Å²) in [7, 11) is 1.14.